The summed E-state index contributed by atoms with van der Waals surface area (Å²) in [6, 6.07) is 3.51. The minimum absolute atomic E-state index is 0.385. The maximum Gasteiger partial charge on any atom is 0.416 e. The summed E-state index contributed by atoms with van der Waals surface area (Å²) in [7, 11) is 0. The lowest BCUT2D eigenvalue weighted by atomic mass is 9.80. The van der Waals surface area contributed by atoms with Gasteiger partial charge in [0, 0.05) is 11.0 Å². The number of benzene rings is 1. The van der Waals surface area contributed by atoms with E-state index in [1.807, 2.05) is 0 Å². The Balaban J connectivity index is 3.32. The third-order valence-corrected chi connectivity index (χ3v) is 3.23. The summed E-state index contributed by atoms with van der Waals surface area (Å²) < 4.78 is 50.9. The molecule has 0 spiro atoms. The number of rotatable bonds is 4. The molecule has 3 nitrogen and oxygen atoms in total. The summed E-state index contributed by atoms with van der Waals surface area (Å²) >= 11 is 0. The van der Waals surface area contributed by atoms with E-state index in [9.17, 15) is 27.2 Å². The predicted octanol–water partition coefficient (Wildman–Crippen LogP) is 4.11. The molecule has 0 aliphatic rings. The van der Waals surface area contributed by atoms with Gasteiger partial charge in [-0.25, -0.2) is 4.39 Å². The Morgan fingerprint density at radius 2 is 1.78 bits per heavy atom. The summed E-state index contributed by atoms with van der Waals surface area (Å²) in [5.74, 6) is -3.35. The Labute approximate surface area is 130 Å². The second-order valence-electron chi connectivity index (χ2n) is 6.04. The minimum atomic E-state index is -4.68. The van der Waals surface area contributed by atoms with E-state index >= 15 is 0 Å². The van der Waals surface area contributed by atoms with Crippen molar-refractivity contribution in [2.24, 2.45) is 11.3 Å². The molecule has 1 aromatic rings. The topological polar surface area (TPSA) is 57.9 Å². The van der Waals surface area contributed by atoms with Gasteiger partial charge in [0.25, 0.3) is 0 Å². The zero-order chi connectivity index (χ0) is 18.0. The van der Waals surface area contributed by atoms with E-state index < -0.39 is 46.9 Å². The highest BCUT2D eigenvalue weighted by Crippen LogP contribution is 2.32. The summed E-state index contributed by atoms with van der Waals surface area (Å²) in [5.41, 5.74) is -2.97. The Bertz CT molecular complexity index is 666. The number of Topliss-reactive ketones (excluding diaryl/α,β-unsaturated/α-hetero) is 2. The van der Waals surface area contributed by atoms with Crippen molar-refractivity contribution in [3.05, 3.63) is 34.9 Å². The molecule has 1 atom stereocenters. The fourth-order valence-electron chi connectivity index (χ4n) is 1.95. The summed E-state index contributed by atoms with van der Waals surface area (Å²) in [5, 5.41) is 9.07. The van der Waals surface area contributed by atoms with Crippen LogP contribution in [0.2, 0.25) is 0 Å². The minimum Gasteiger partial charge on any atom is -0.297 e. The number of ketones is 2. The van der Waals surface area contributed by atoms with Crippen LogP contribution in [0, 0.1) is 22.7 Å². The number of hydrogen-bond donors (Lipinski definition) is 0. The van der Waals surface area contributed by atoms with Crippen molar-refractivity contribution in [1.29, 1.82) is 5.26 Å². The van der Waals surface area contributed by atoms with Gasteiger partial charge < -0.3 is 0 Å². The van der Waals surface area contributed by atoms with Crippen LogP contribution in [-0.4, -0.2) is 11.6 Å². The average molecular weight is 329 g/mol. The molecule has 0 radical (unpaired) electrons. The molecule has 23 heavy (non-hydrogen) atoms. The van der Waals surface area contributed by atoms with Crippen LogP contribution in [0.3, 0.4) is 0 Å². The van der Waals surface area contributed by atoms with Gasteiger partial charge >= 0.3 is 6.18 Å². The van der Waals surface area contributed by atoms with E-state index in [0.717, 1.165) is 6.07 Å². The number of alkyl halides is 4. The van der Waals surface area contributed by atoms with E-state index in [0.29, 0.717) is 12.1 Å². The van der Waals surface area contributed by atoms with Gasteiger partial charge in [-0.15, -0.1) is 0 Å². The maximum atomic E-state index is 13.0. The lowest BCUT2D eigenvalue weighted by molar-refractivity contribution is -0.137. The van der Waals surface area contributed by atoms with Crippen LogP contribution in [0.1, 0.15) is 42.3 Å². The van der Waals surface area contributed by atoms with Gasteiger partial charge in [0.2, 0.25) is 0 Å². The average Bonchev–Trinajstić information content (AvgIpc) is 2.45. The third kappa shape index (κ3) is 4.15. The van der Waals surface area contributed by atoms with Gasteiger partial charge in [0.1, 0.15) is 6.67 Å². The maximum absolute atomic E-state index is 13.0. The molecule has 0 fully saturated rings. The molecule has 0 aromatic heterocycles. The molecule has 0 aliphatic carbocycles. The number of nitrogens with zero attached hydrogens (tertiary/aromatic N) is 1. The van der Waals surface area contributed by atoms with Crippen molar-refractivity contribution >= 4 is 11.6 Å². The number of hydrogen-bond acceptors (Lipinski definition) is 3. The standard InChI is InChI=1S/C16H15F4NO2/c1-15(2,3)14(23)12(8-21)13(22)11-5-4-10(16(18,19)20)6-9(11)7-17/h4-6,12H,7H2,1-3H3. The van der Waals surface area contributed by atoms with Crippen molar-refractivity contribution in [1.82, 2.24) is 0 Å². The normalized spacial score (nSPS) is 13.3. The highest BCUT2D eigenvalue weighted by Gasteiger charge is 2.37. The van der Waals surface area contributed by atoms with Gasteiger partial charge in [-0.1, -0.05) is 26.8 Å². The summed E-state index contributed by atoms with van der Waals surface area (Å²) in [6.07, 6.45) is -4.68. The Morgan fingerprint density at radius 3 is 2.17 bits per heavy atom. The largest absolute Gasteiger partial charge is 0.416 e. The molecular formula is C16H15F4NO2. The highest BCUT2D eigenvalue weighted by atomic mass is 19.4. The molecule has 124 valence electrons. The predicted molar refractivity (Wildman–Crippen MR) is 74.2 cm³/mol. The van der Waals surface area contributed by atoms with Gasteiger partial charge in [-0.3, -0.25) is 9.59 Å². The van der Waals surface area contributed by atoms with E-state index in [1.165, 1.54) is 20.8 Å². The van der Waals surface area contributed by atoms with E-state index in [4.69, 9.17) is 5.26 Å². The molecule has 1 rings (SSSR count). The molecule has 0 saturated heterocycles. The highest BCUT2D eigenvalue weighted by molar-refractivity contribution is 6.14. The summed E-state index contributed by atoms with van der Waals surface area (Å²) in [6.45, 7) is 3.22. The molecule has 0 heterocycles. The molecule has 1 unspecified atom stereocenters. The smallest absolute Gasteiger partial charge is 0.297 e. The SMILES string of the molecule is CC(C)(C)C(=O)C(C#N)C(=O)c1ccc(C(F)(F)F)cc1CF. The van der Waals surface area contributed by atoms with Crippen molar-refractivity contribution < 1.29 is 27.2 Å². The van der Waals surface area contributed by atoms with Crippen molar-refractivity contribution in [2.75, 3.05) is 0 Å². The molecule has 0 aliphatic heterocycles. The monoisotopic (exact) mass is 329 g/mol. The van der Waals surface area contributed by atoms with E-state index in [1.54, 1.807) is 6.07 Å². The molecule has 1 aromatic carbocycles. The van der Waals surface area contributed by atoms with Crippen molar-refractivity contribution in [3.8, 4) is 6.07 Å². The fraction of sp³-hybridized carbons (Fsp3) is 0.438. The van der Waals surface area contributed by atoms with Crippen molar-refractivity contribution in [3.63, 3.8) is 0 Å². The molecule has 7 heteroatoms. The zero-order valence-electron chi connectivity index (χ0n) is 12.8. The molecule has 0 N–H and O–H groups in total. The van der Waals surface area contributed by atoms with Crippen LogP contribution < -0.4 is 0 Å². The number of nitriles is 1. The number of carbonyl (C=O) groups is 2. The lowest BCUT2D eigenvalue weighted by Crippen LogP contribution is -2.33. The van der Waals surface area contributed by atoms with Gasteiger partial charge in [-0.2, -0.15) is 18.4 Å². The molecule has 0 bridgehead atoms. The van der Waals surface area contributed by atoms with Crippen LogP contribution >= 0.6 is 0 Å². The first-order valence-electron chi connectivity index (χ1n) is 6.67. The Kier molecular flexibility index (Phi) is 5.31. The quantitative estimate of drug-likeness (QED) is 0.474. The number of carbonyl (C=O) groups excluding carboxylic acids is 2. The van der Waals surface area contributed by atoms with Gasteiger partial charge in [0.15, 0.2) is 17.5 Å². The van der Waals surface area contributed by atoms with E-state index in [2.05, 4.69) is 0 Å². The molecule has 0 saturated carbocycles. The van der Waals surface area contributed by atoms with Crippen LogP contribution in [0.15, 0.2) is 18.2 Å². The zero-order valence-corrected chi connectivity index (χ0v) is 12.8. The van der Waals surface area contributed by atoms with Crippen LogP contribution in [0.5, 0.6) is 0 Å². The van der Waals surface area contributed by atoms with Crippen molar-refractivity contribution in [2.45, 2.75) is 33.6 Å². The van der Waals surface area contributed by atoms with Crippen LogP contribution in [0.25, 0.3) is 0 Å². The second-order valence-corrected chi connectivity index (χ2v) is 6.04. The second kappa shape index (κ2) is 6.49. The first kappa shape index (κ1) is 18.8. The third-order valence-electron chi connectivity index (χ3n) is 3.23. The molecular weight excluding hydrogens is 314 g/mol. The molecule has 0 amide bonds. The summed E-state index contributed by atoms with van der Waals surface area (Å²) in [4.78, 5) is 24.4. The number of halogens is 4. The van der Waals surface area contributed by atoms with E-state index in [-0.39, 0.29) is 5.56 Å². The van der Waals surface area contributed by atoms with Crippen LogP contribution in [0.4, 0.5) is 17.6 Å². The first-order valence-corrected chi connectivity index (χ1v) is 6.67. The first-order chi connectivity index (χ1) is 10.4. The fourth-order valence-corrected chi connectivity index (χ4v) is 1.95. The lowest BCUT2D eigenvalue weighted by Gasteiger charge is -2.20. The Morgan fingerprint density at radius 1 is 1.22 bits per heavy atom. The van der Waals surface area contributed by atoms with Gasteiger partial charge in [-0.05, 0) is 17.7 Å². The Hall–Kier alpha value is -2.23. The van der Waals surface area contributed by atoms with Crippen LogP contribution in [-0.2, 0) is 17.6 Å². The van der Waals surface area contributed by atoms with Gasteiger partial charge in [0.05, 0.1) is 11.6 Å².